The number of halogens is 1. The molecule has 0 saturated carbocycles. The van der Waals surface area contributed by atoms with E-state index >= 15 is 0 Å². The third-order valence-corrected chi connectivity index (χ3v) is 4.76. The molecule has 0 N–H and O–H groups in total. The van der Waals surface area contributed by atoms with Crippen molar-refractivity contribution in [2.75, 3.05) is 26.2 Å². The zero-order chi connectivity index (χ0) is 16.6. The lowest BCUT2D eigenvalue weighted by molar-refractivity contribution is 0.0452. The number of aryl methyl sites for hydroxylation is 1. The molecule has 0 radical (unpaired) electrons. The van der Waals surface area contributed by atoms with Crippen molar-refractivity contribution in [2.24, 2.45) is 0 Å². The lowest BCUT2D eigenvalue weighted by atomic mass is 10.1. The van der Waals surface area contributed by atoms with Crippen molar-refractivity contribution in [1.29, 1.82) is 0 Å². The summed E-state index contributed by atoms with van der Waals surface area (Å²) in [5, 5.41) is 1.14. The minimum Gasteiger partial charge on any atom is -0.375 e. The van der Waals surface area contributed by atoms with Crippen LogP contribution in [0.2, 0.25) is 5.02 Å². The van der Waals surface area contributed by atoms with Crippen molar-refractivity contribution in [2.45, 2.75) is 32.9 Å². The van der Waals surface area contributed by atoms with Gasteiger partial charge in [-0.15, -0.1) is 0 Å². The second-order valence-electron chi connectivity index (χ2n) is 5.99. The summed E-state index contributed by atoms with van der Waals surface area (Å²) in [5.74, 6) is 0. The Kier molecular flexibility index (Phi) is 4.71. The Hall–Kier alpha value is -1.43. The first-order chi connectivity index (χ1) is 11.0. The second kappa shape index (κ2) is 6.59. The van der Waals surface area contributed by atoms with Crippen LogP contribution in [0.4, 0.5) is 0 Å². The number of hydrogen-bond donors (Lipinski definition) is 0. The number of likely N-dealkylation sites (tertiary alicyclic amines) is 1. The van der Waals surface area contributed by atoms with Gasteiger partial charge in [0.25, 0.3) is 5.56 Å². The highest BCUT2D eigenvalue weighted by Gasteiger charge is 2.34. The summed E-state index contributed by atoms with van der Waals surface area (Å²) in [6.45, 7) is 9.25. The van der Waals surface area contributed by atoms with Crippen LogP contribution in [-0.2, 0) is 4.74 Å². The van der Waals surface area contributed by atoms with E-state index in [1.807, 2.05) is 19.9 Å². The molecule has 6 heteroatoms. The molecule has 2 heterocycles. The van der Waals surface area contributed by atoms with Gasteiger partial charge >= 0.3 is 0 Å². The third-order valence-electron chi connectivity index (χ3n) is 4.54. The van der Waals surface area contributed by atoms with Crippen molar-refractivity contribution < 1.29 is 4.74 Å². The van der Waals surface area contributed by atoms with Crippen LogP contribution in [0.1, 0.15) is 25.5 Å². The second-order valence-corrected chi connectivity index (χ2v) is 6.43. The molecule has 0 amide bonds. The van der Waals surface area contributed by atoms with E-state index in [-0.39, 0.29) is 17.7 Å². The summed E-state index contributed by atoms with van der Waals surface area (Å²) in [6, 6.07) is 3.52. The van der Waals surface area contributed by atoms with E-state index in [1.54, 1.807) is 17.0 Å². The lowest BCUT2D eigenvalue weighted by Crippen LogP contribution is -2.33. The van der Waals surface area contributed by atoms with E-state index in [0.29, 0.717) is 22.5 Å². The maximum atomic E-state index is 13.0. The molecule has 1 fully saturated rings. The predicted molar refractivity (Wildman–Crippen MR) is 92.3 cm³/mol. The van der Waals surface area contributed by atoms with Crippen LogP contribution in [0.15, 0.2) is 23.3 Å². The maximum absolute atomic E-state index is 13.0. The largest absolute Gasteiger partial charge is 0.375 e. The molecular weight excluding hydrogens is 314 g/mol. The van der Waals surface area contributed by atoms with Crippen LogP contribution >= 0.6 is 11.6 Å². The topological polar surface area (TPSA) is 47.4 Å². The Labute approximate surface area is 140 Å². The van der Waals surface area contributed by atoms with Gasteiger partial charge in [-0.25, -0.2) is 4.98 Å². The van der Waals surface area contributed by atoms with E-state index < -0.39 is 0 Å². The summed E-state index contributed by atoms with van der Waals surface area (Å²) in [7, 11) is 0. The highest BCUT2D eigenvalue weighted by molar-refractivity contribution is 6.31. The number of hydrogen-bond acceptors (Lipinski definition) is 4. The van der Waals surface area contributed by atoms with Gasteiger partial charge in [-0.3, -0.25) is 14.3 Å². The fourth-order valence-electron chi connectivity index (χ4n) is 3.35. The third kappa shape index (κ3) is 3.01. The van der Waals surface area contributed by atoms with E-state index in [1.165, 1.54) is 0 Å². The van der Waals surface area contributed by atoms with E-state index in [4.69, 9.17) is 16.3 Å². The summed E-state index contributed by atoms with van der Waals surface area (Å²) < 4.78 is 7.58. The van der Waals surface area contributed by atoms with Gasteiger partial charge in [0, 0.05) is 24.7 Å². The molecule has 0 aliphatic carbocycles. The van der Waals surface area contributed by atoms with Crippen molar-refractivity contribution in [3.05, 3.63) is 39.4 Å². The fraction of sp³-hybridized carbons (Fsp3) is 0.529. The molecule has 2 atom stereocenters. The van der Waals surface area contributed by atoms with Gasteiger partial charge in [0.05, 0.1) is 29.4 Å². The molecule has 3 rings (SSSR count). The normalized spacial score (nSPS) is 22.1. The van der Waals surface area contributed by atoms with Gasteiger partial charge in [0.15, 0.2) is 0 Å². The zero-order valence-electron chi connectivity index (χ0n) is 13.8. The van der Waals surface area contributed by atoms with Gasteiger partial charge in [-0.2, -0.15) is 0 Å². The van der Waals surface area contributed by atoms with Gasteiger partial charge in [0.2, 0.25) is 0 Å². The van der Waals surface area contributed by atoms with Crippen molar-refractivity contribution in [3.63, 3.8) is 0 Å². The van der Waals surface area contributed by atoms with Crippen LogP contribution in [0.3, 0.4) is 0 Å². The molecule has 1 aliphatic heterocycles. The first kappa shape index (κ1) is 16.4. The summed E-state index contributed by atoms with van der Waals surface area (Å²) in [4.78, 5) is 19.8. The number of benzene rings is 1. The molecule has 5 nitrogen and oxygen atoms in total. The van der Waals surface area contributed by atoms with Gasteiger partial charge in [-0.1, -0.05) is 18.5 Å². The predicted octanol–water partition coefficient (Wildman–Crippen LogP) is 2.64. The van der Waals surface area contributed by atoms with Crippen LogP contribution < -0.4 is 5.56 Å². The number of fused-ring (bicyclic) bond motifs is 1. The number of aromatic nitrogens is 2. The Balaban J connectivity index is 2.09. The van der Waals surface area contributed by atoms with E-state index in [0.717, 1.165) is 25.2 Å². The van der Waals surface area contributed by atoms with Gasteiger partial charge < -0.3 is 4.74 Å². The molecule has 1 aromatic heterocycles. The SMILES string of the molecule is CCO[C@H]1CN(CC)C[C@@H]1n1cnc2c(C)cc(Cl)cc2c1=O. The molecule has 1 saturated heterocycles. The standard InChI is InChI=1S/C17H22ClN3O2/c1-4-20-8-14(15(9-20)23-5-2)21-10-19-16-11(3)6-12(18)7-13(16)17(21)22/h6-7,10,14-15H,4-5,8-9H2,1-3H3/t14-,15-/m0/s1. The minimum atomic E-state index is -0.0479. The molecular formula is C17H22ClN3O2. The van der Waals surface area contributed by atoms with Crippen molar-refractivity contribution in [1.82, 2.24) is 14.5 Å². The van der Waals surface area contributed by atoms with Gasteiger partial charge in [-0.05, 0) is 38.1 Å². The molecule has 124 valence electrons. The van der Waals surface area contributed by atoms with E-state index in [2.05, 4.69) is 16.8 Å². The van der Waals surface area contributed by atoms with Crippen molar-refractivity contribution >= 4 is 22.5 Å². The average molecular weight is 336 g/mol. The molecule has 23 heavy (non-hydrogen) atoms. The molecule has 1 aliphatic rings. The number of rotatable bonds is 4. The molecule has 0 bridgehead atoms. The minimum absolute atomic E-state index is 0.0113. The first-order valence-corrected chi connectivity index (χ1v) is 8.43. The Bertz CT molecular complexity index is 774. The Morgan fingerprint density at radius 3 is 2.83 bits per heavy atom. The lowest BCUT2D eigenvalue weighted by Gasteiger charge is -2.21. The summed E-state index contributed by atoms with van der Waals surface area (Å²) in [5.41, 5.74) is 1.59. The number of ether oxygens (including phenoxy) is 1. The summed E-state index contributed by atoms with van der Waals surface area (Å²) >= 11 is 6.12. The maximum Gasteiger partial charge on any atom is 0.261 e. The van der Waals surface area contributed by atoms with Gasteiger partial charge in [0.1, 0.15) is 0 Å². The fourth-order valence-corrected chi connectivity index (χ4v) is 3.63. The van der Waals surface area contributed by atoms with Crippen LogP contribution in [0, 0.1) is 6.92 Å². The van der Waals surface area contributed by atoms with Crippen LogP contribution in [0.25, 0.3) is 10.9 Å². The number of nitrogens with zero attached hydrogens (tertiary/aromatic N) is 3. The molecule has 1 aromatic carbocycles. The quantitative estimate of drug-likeness (QED) is 0.861. The molecule has 2 aromatic rings. The highest BCUT2D eigenvalue weighted by atomic mass is 35.5. The molecule has 0 spiro atoms. The van der Waals surface area contributed by atoms with Crippen molar-refractivity contribution in [3.8, 4) is 0 Å². The average Bonchev–Trinajstić information content (AvgIpc) is 2.92. The van der Waals surface area contributed by atoms with Crippen LogP contribution in [0.5, 0.6) is 0 Å². The zero-order valence-corrected chi connectivity index (χ0v) is 14.5. The molecule has 0 unspecified atom stereocenters. The van der Waals surface area contributed by atoms with Crippen LogP contribution in [-0.4, -0.2) is 46.8 Å². The summed E-state index contributed by atoms with van der Waals surface area (Å²) in [6.07, 6.45) is 1.67. The first-order valence-electron chi connectivity index (χ1n) is 8.06. The van der Waals surface area contributed by atoms with E-state index in [9.17, 15) is 4.79 Å². The Morgan fingerprint density at radius 1 is 1.35 bits per heavy atom. The smallest absolute Gasteiger partial charge is 0.261 e. The highest BCUT2D eigenvalue weighted by Crippen LogP contribution is 2.25. The number of likely N-dealkylation sites (N-methyl/N-ethyl adjacent to an activating group) is 1. The monoisotopic (exact) mass is 335 g/mol. The Morgan fingerprint density at radius 2 is 2.13 bits per heavy atom.